The molecule has 0 amide bonds. The highest BCUT2D eigenvalue weighted by atomic mass is 19.4. The molecular weight excluding hydrogens is 203 g/mol. The van der Waals surface area contributed by atoms with Gasteiger partial charge in [-0.3, -0.25) is 0 Å². The van der Waals surface area contributed by atoms with Gasteiger partial charge in [-0.25, -0.2) is 0 Å². The monoisotopic (exact) mass is 223 g/mol. The zero-order valence-electron chi connectivity index (χ0n) is 9.83. The van der Waals surface area contributed by atoms with Crippen LogP contribution in [0.2, 0.25) is 0 Å². The van der Waals surface area contributed by atoms with E-state index in [-0.39, 0.29) is 6.54 Å². The summed E-state index contributed by atoms with van der Waals surface area (Å²) in [6.45, 7) is 9.80. The van der Waals surface area contributed by atoms with E-state index in [1.165, 1.54) is 6.92 Å². The summed E-state index contributed by atoms with van der Waals surface area (Å²) in [6, 6.07) is 0. The minimum atomic E-state index is -4.19. The Bertz CT molecular complexity index is 220. The summed E-state index contributed by atoms with van der Waals surface area (Å²) in [5.41, 5.74) is -1.06. The van der Waals surface area contributed by atoms with E-state index in [1.807, 2.05) is 6.92 Å². The van der Waals surface area contributed by atoms with Gasteiger partial charge in [-0.1, -0.05) is 27.4 Å². The van der Waals surface area contributed by atoms with Crippen molar-refractivity contribution in [2.75, 3.05) is 6.54 Å². The molecule has 0 aliphatic heterocycles. The molecule has 0 radical (unpaired) electrons. The zero-order valence-corrected chi connectivity index (χ0v) is 9.83. The van der Waals surface area contributed by atoms with E-state index < -0.39 is 17.5 Å². The second-order valence-corrected chi connectivity index (χ2v) is 4.38. The number of rotatable bonds is 5. The molecule has 0 saturated carbocycles. The van der Waals surface area contributed by atoms with Crippen molar-refractivity contribution in [2.24, 2.45) is 11.3 Å². The second-order valence-electron chi connectivity index (χ2n) is 4.38. The molecule has 1 unspecified atom stereocenters. The van der Waals surface area contributed by atoms with Gasteiger partial charge in [0, 0.05) is 12.2 Å². The van der Waals surface area contributed by atoms with Crippen LogP contribution in [-0.2, 0) is 0 Å². The third-order valence-electron chi connectivity index (χ3n) is 3.05. The van der Waals surface area contributed by atoms with Crippen LogP contribution in [-0.4, -0.2) is 12.7 Å². The summed E-state index contributed by atoms with van der Waals surface area (Å²) < 4.78 is 38.5. The van der Waals surface area contributed by atoms with Gasteiger partial charge in [-0.15, -0.1) is 0 Å². The molecule has 0 aromatic heterocycles. The van der Waals surface area contributed by atoms with Crippen LogP contribution in [0.4, 0.5) is 13.2 Å². The lowest BCUT2D eigenvalue weighted by Crippen LogP contribution is -2.47. The first kappa shape index (κ1) is 14.3. The van der Waals surface area contributed by atoms with Crippen LogP contribution in [0.25, 0.3) is 0 Å². The van der Waals surface area contributed by atoms with Crippen molar-refractivity contribution in [2.45, 2.75) is 40.3 Å². The SMILES string of the molecule is C=C(CC)NCC(C)(C(C)C)C(F)(F)F. The summed E-state index contributed by atoms with van der Waals surface area (Å²) in [5.74, 6) is -0.463. The molecule has 0 saturated heterocycles. The molecule has 0 aliphatic rings. The van der Waals surface area contributed by atoms with E-state index in [4.69, 9.17) is 0 Å². The molecule has 4 heteroatoms. The largest absolute Gasteiger partial charge is 0.396 e. The Morgan fingerprint density at radius 2 is 1.80 bits per heavy atom. The molecule has 0 bridgehead atoms. The number of hydrogen-bond acceptors (Lipinski definition) is 1. The molecule has 1 N–H and O–H groups in total. The minimum absolute atomic E-state index is 0.110. The lowest BCUT2D eigenvalue weighted by molar-refractivity contribution is -0.230. The van der Waals surface area contributed by atoms with E-state index in [9.17, 15) is 13.2 Å². The number of hydrogen-bond donors (Lipinski definition) is 1. The first-order valence-corrected chi connectivity index (χ1v) is 5.13. The van der Waals surface area contributed by atoms with E-state index >= 15 is 0 Å². The van der Waals surface area contributed by atoms with Crippen LogP contribution in [0.3, 0.4) is 0 Å². The predicted molar refractivity (Wildman–Crippen MR) is 56.4 cm³/mol. The highest BCUT2D eigenvalue weighted by Gasteiger charge is 2.52. The van der Waals surface area contributed by atoms with Crippen LogP contribution < -0.4 is 5.32 Å². The summed E-state index contributed by atoms with van der Waals surface area (Å²) >= 11 is 0. The van der Waals surface area contributed by atoms with Crippen molar-refractivity contribution in [3.63, 3.8) is 0 Å². The maximum Gasteiger partial charge on any atom is 0.396 e. The normalized spacial score (nSPS) is 16.3. The predicted octanol–water partition coefficient (Wildman–Crippen LogP) is 3.72. The fourth-order valence-corrected chi connectivity index (χ4v) is 1.07. The average molecular weight is 223 g/mol. The zero-order chi connectivity index (χ0) is 12.3. The maximum absolute atomic E-state index is 12.8. The van der Waals surface area contributed by atoms with Crippen LogP contribution in [0, 0.1) is 11.3 Å². The quantitative estimate of drug-likeness (QED) is 0.749. The maximum atomic E-state index is 12.8. The molecule has 15 heavy (non-hydrogen) atoms. The Kier molecular flexibility index (Phi) is 4.68. The molecule has 0 aromatic carbocycles. The fourth-order valence-electron chi connectivity index (χ4n) is 1.07. The second kappa shape index (κ2) is 4.90. The van der Waals surface area contributed by atoms with E-state index in [2.05, 4.69) is 11.9 Å². The highest BCUT2D eigenvalue weighted by Crippen LogP contribution is 2.43. The molecule has 0 aromatic rings. The van der Waals surface area contributed by atoms with E-state index in [0.29, 0.717) is 12.1 Å². The molecule has 0 rings (SSSR count). The van der Waals surface area contributed by atoms with Crippen molar-refractivity contribution < 1.29 is 13.2 Å². The molecule has 0 fully saturated rings. The van der Waals surface area contributed by atoms with Crippen molar-refractivity contribution >= 4 is 0 Å². The molecule has 90 valence electrons. The molecule has 1 atom stereocenters. The first-order valence-electron chi connectivity index (χ1n) is 5.13. The molecule has 0 heterocycles. The summed E-state index contributed by atoms with van der Waals surface area (Å²) in [4.78, 5) is 0. The van der Waals surface area contributed by atoms with Crippen molar-refractivity contribution in [1.29, 1.82) is 0 Å². The Morgan fingerprint density at radius 3 is 2.07 bits per heavy atom. The standard InChI is InChI=1S/C11H20F3N/c1-6-9(4)15-7-10(5,8(2)3)11(12,13)14/h8,15H,4,6-7H2,1-3,5H3. The summed E-state index contributed by atoms with van der Waals surface area (Å²) in [6.07, 6.45) is -3.55. The average Bonchev–Trinajstić information content (AvgIpc) is 2.11. The van der Waals surface area contributed by atoms with Gasteiger partial charge in [0.15, 0.2) is 0 Å². The number of nitrogens with one attached hydrogen (secondary N) is 1. The van der Waals surface area contributed by atoms with Gasteiger partial charge in [0.2, 0.25) is 0 Å². The van der Waals surface area contributed by atoms with E-state index in [0.717, 1.165) is 0 Å². The van der Waals surface area contributed by atoms with Gasteiger partial charge < -0.3 is 5.32 Å². The fraction of sp³-hybridized carbons (Fsp3) is 0.818. The third-order valence-corrected chi connectivity index (χ3v) is 3.05. The number of allylic oxidation sites excluding steroid dienone is 1. The number of alkyl halides is 3. The Morgan fingerprint density at radius 1 is 1.33 bits per heavy atom. The van der Waals surface area contributed by atoms with Gasteiger partial charge in [0.25, 0.3) is 0 Å². The Balaban J connectivity index is 4.62. The number of halogens is 3. The lowest BCUT2D eigenvalue weighted by Gasteiger charge is -2.36. The molecule has 0 spiro atoms. The van der Waals surface area contributed by atoms with Crippen molar-refractivity contribution in [3.05, 3.63) is 12.3 Å². The van der Waals surface area contributed by atoms with Gasteiger partial charge in [0.1, 0.15) is 0 Å². The Hall–Kier alpha value is -0.670. The summed E-state index contributed by atoms with van der Waals surface area (Å²) in [5, 5.41) is 2.75. The summed E-state index contributed by atoms with van der Waals surface area (Å²) in [7, 11) is 0. The molecule has 1 nitrogen and oxygen atoms in total. The van der Waals surface area contributed by atoms with Crippen molar-refractivity contribution in [3.8, 4) is 0 Å². The van der Waals surface area contributed by atoms with E-state index in [1.54, 1.807) is 13.8 Å². The topological polar surface area (TPSA) is 12.0 Å². The van der Waals surface area contributed by atoms with Gasteiger partial charge in [-0.05, 0) is 19.3 Å². The van der Waals surface area contributed by atoms with Crippen LogP contribution in [0.15, 0.2) is 12.3 Å². The van der Waals surface area contributed by atoms with Crippen LogP contribution >= 0.6 is 0 Å². The minimum Gasteiger partial charge on any atom is -0.388 e. The lowest BCUT2D eigenvalue weighted by atomic mass is 9.78. The van der Waals surface area contributed by atoms with Crippen LogP contribution in [0.5, 0.6) is 0 Å². The highest BCUT2D eigenvalue weighted by molar-refractivity contribution is 4.95. The van der Waals surface area contributed by atoms with Gasteiger partial charge in [0.05, 0.1) is 5.41 Å². The third kappa shape index (κ3) is 3.43. The first-order chi connectivity index (χ1) is 6.65. The van der Waals surface area contributed by atoms with Crippen molar-refractivity contribution in [1.82, 2.24) is 5.32 Å². The smallest absolute Gasteiger partial charge is 0.388 e. The van der Waals surface area contributed by atoms with Crippen LogP contribution in [0.1, 0.15) is 34.1 Å². The Labute approximate surface area is 89.7 Å². The molecule has 0 aliphatic carbocycles. The van der Waals surface area contributed by atoms with Gasteiger partial charge >= 0.3 is 6.18 Å². The molecular formula is C11H20F3N. The van der Waals surface area contributed by atoms with Gasteiger partial charge in [-0.2, -0.15) is 13.2 Å².